The molecule has 7 heteroatoms. The van der Waals surface area contributed by atoms with E-state index in [9.17, 15) is 9.59 Å². The first-order valence-corrected chi connectivity index (χ1v) is 6.58. The molecule has 2 atom stereocenters. The Morgan fingerprint density at radius 3 is 2.70 bits per heavy atom. The summed E-state index contributed by atoms with van der Waals surface area (Å²) >= 11 is 0. The topological polar surface area (TPSA) is 59.2 Å². The predicted octanol–water partition coefficient (Wildman–Crippen LogP) is 0.407. The van der Waals surface area contributed by atoms with Crippen molar-refractivity contribution in [2.45, 2.75) is 33.4 Å². The van der Waals surface area contributed by atoms with Gasteiger partial charge >= 0.3 is 0 Å². The van der Waals surface area contributed by atoms with E-state index in [0.717, 1.165) is 0 Å². The lowest BCUT2D eigenvalue weighted by Crippen LogP contribution is -2.52. The molecule has 2 unspecified atom stereocenters. The molecule has 7 nitrogen and oxygen atoms in total. The van der Waals surface area contributed by atoms with Crippen molar-refractivity contribution in [2.24, 2.45) is 11.0 Å². The molecule has 0 spiro atoms. The number of hydrogen-bond donors (Lipinski definition) is 0. The highest BCUT2D eigenvalue weighted by atomic mass is 16.2. The minimum Gasteiger partial charge on any atom is -0.274 e. The number of nitrogens with zero attached hydrogens (tertiary/aromatic N) is 5. The molecule has 2 aliphatic rings. The largest absolute Gasteiger partial charge is 0.278 e. The van der Waals surface area contributed by atoms with Gasteiger partial charge in [0.05, 0.1) is 7.05 Å². The predicted molar refractivity (Wildman–Crippen MR) is 74.3 cm³/mol. The summed E-state index contributed by atoms with van der Waals surface area (Å²) in [5.74, 6) is 0.110. The normalized spacial score (nSPS) is 25.2. The number of carbonyl (C=O) groups excluding carboxylic acids is 2. The van der Waals surface area contributed by atoms with E-state index < -0.39 is 6.17 Å². The van der Waals surface area contributed by atoms with E-state index in [0.29, 0.717) is 5.82 Å². The second-order valence-electron chi connectivity index (χ2n) is 5.02. The summed E-state index contributed by atoms with van der Waals surface area (Å²) < 4.78 is 1.79. The fraction of sp³-hybridized carbons (Fsp3) is 0.538. The lowest BCUT2D eigenvalue weighted by Gasteiger charge is -2.27. The van der Waals surface area contributed by atoms with Crippen molar-refractivity contribution in [2.75, 3.05) is 7.05 Å². The van der Waals surface area contributed by atoms with Crippen molar-refractivity contribution in [3.63, 3.8) is 0 Å². The van der Waals surface area contributed by atoms with Crippen LogP contribution in [0.15, 0.2) is 17.5 Å². The van der Waals surface area contributed by atoms with Crippen molar-refractivity contribution < 1.29 is 14.2 Å². The summed E-state index contributed by atoms with van der Waals surface area (Å²) in [6, 6.07) is 0. The number of hydrogen-bond acceptors (Lipinski definition) is 5. The maximum atomic E-state index is 12.1. The Hall–Kier alpha value is -2.18. The summed E-state index contributed by atoms with van der Waals surface area (Å²) in [6.07, 6.45) is 3.23. The molecule has 0 N–H and O–H groups in total. The second-order valence-corrected chi connectivity index (χ2v) is 5.02. The molecule has 108 valence electrons. The molecule has 0 aromatic heterocycles. The van der Waals surface area contributed by atoms with Crippen LogP contribution in [0.25, 0.3) is 0 Å². The van der Waals surface area contributed by atoms with E-state index in [4.69, 9.17) is 0 Å². The van der Waals surface area contributed by atoms with Crippen LogP contribution in [0.2, 0.25) is 0 Å². The molecule has 2 heterocycles. The van der Waals surface area contributed by atoms with E-state index in [1.807, 2.05) is 7.05 Å². The van der Waals surface area contributed by atoms with Crippen LogP contribution in [0.5, 0.6) is 0 Å². The standard InChI is InChI=1S/C13H20N5O2/c1-6-14-18-10(3)15(5)8-16(18)11(4)17-12(19)7-9(2)13(17)20/h6,8-9,11H,3,7H2,1-2,4-5H3/q+1/b14-6+. The van der Waals surface area contributed by atoms with Gasteiger partial charge in [0.2, 0.25) is 18.2 Å². The Labute approximate surface area is 118 Å². The maximum Gasteiger partial charge on any atom is 0.278 e. The van der Waals surface area contributed by atoms with Crippen molar-refractivity contribution in [3.8, 4) is 0 Å². The molecule has 0 radical (unpaired) electrons. The van der Waals surface area contributed by atoms with Gasteiger partial charge in [-0.2, -0.15) is 0 Å². The maximum absolute atomic E-state index is 12.1. The minimum atomic E-state index is -0.439. The quantitative estimate of drug-likeness (QED) is 0.426. The molecule has 2 aliphatic heterocycles. The van der Waals surface area contributed by atoms with Crippen LogP contribution in [-0.2, 0) is 9.59 Å². The molecule has 0 bridgehead atoms. The first-order valence-electron chi connectivity index (χ1n) is 6.58. The summed E-state index contributed by atoms with van der Waals surface area (Å²) in [4.78, 5) is 25.4. The van der Waals surface area contributed by atoms with Gasteiger partial charge in [-0.3, -0.25) is 9.59 Å². The van der Waals surface area contributed by atoms with Crippen LogP contribution >= 0.6 is 0 Å². The van der Waals surface area contributed by atoms with Crippen molar-refractivity contribution >= 4 is 24.4 Å². The highest BCUT2D eigenvalue weighted by Crippen LogP contribution is 2.25. The van der Waals surface area contributed by atoms with Crippen molar-refractivity contribution in [1.82, 2.24) is 15.0 Å². The molecule has 0 saturated carbocycles. The SMILES string of the molecule is C=C1N(/N=C/C)N(C(C)N2C(=O)CC(C)C2=O)C=[N+]1C. The van der Waals surface area contributed by atoms with Gasteiger partial charge in [-0.25, -0.2) is 9.48 Å². The third-order valence-corrected chi connectivity index (χ3v) is 3.54. The fourth-order valence-electron chi connectivity index (χ4n) is 2.38. The van der Waals surface area contributed by atoms with E-state index in [-0.39, 0.29) is 24.2 Å². The average molecular weight is 278 g/mol. The molecule has 0 aromatic rings. The third kappa shape index (κ3) is 2.09. The van der Waals surface area contributed by atoms with Crippen LogP contribution in [0.1, 0.15) is 27.2 Å². The molecule has 1 fully saturated rings. The monoisotopic (exact) mass is 278 g/mol. The molecule has 2 amide bonds. The van der Waals surface area contributed by atoms with E-state index in [1.54, 1.807) is 48.0 Å². The van der Waals surface area contributed by atoms with Gasteiger partial charge in [-0.15, -0.1) is 5.01 Å². The Morgan fingerprint density at radius 1 is 1.55 bits per heavy atom. The first kappa shape index (κ1) is 14.2. The number of rotatable bonds is 3. The Kier molecular flexibility index (Phi) is 3.61. The smallest absolute Gasteiger partial charge is 0.274 e. The van der Waals surface area contributed by atoms with Crippen LogP contribution in [0, 0.1) is 5.92 Å². The van der Waals surface area contributed by atoms with Crippen molar-refractivity contribution in [1.29, 1.82) is 0 Å². The Balaban J connectivity index is 2.28. The van der Waals surface area contributed by atoms with Gasteiger partial charge in [0.15, 0.2) is 6.17 Å². The van der Waals surface area contributed by atoms with Crippen molar-refractivity contribution in [3.05, 3.63) is 12.4 Å². The lowest BCUT2D eigenvalue weighted by atomic mass is 10.1. The minimum absolute atomic E-state index is 0.142. The zero-order valence-corrected chi connectivity index (χ0v) is 12.3. The summed E-state index contributed by atoms with van der Waals surface area (Å²) in [5.41, 5.74) is 0. The average Bonchev–Trinajstić information content (AvgIpc) is 2.80. The molecule has 20 heavy (non-hydrogen) atoms. The van der Waals surface area contributed by atoms with Gasteiger partial charge in [0.1, 0.15) is 0 Å². The number of hydrazine groups is 1. The second kappa shape index (κ2) is 5.07. The highest BCUT2D eigenvalue weighted by Gasteiger charge is 2.46. The number of imide groups is 1. The first-order chi connectivity index (χ1) is 9.38. The number of amides is 2. The third-order valence-electron chi connectivity index (χ3n) is 3.54. The van der Waals surface area contributed by atoms with Gasteiger partial charge in [-0.05, 0) is 25.5 Å². The zero-order valence-electron chi connectivity index (χ0n) is 12.3. The van der Waals surface area contributed by atoms with Crippen LogP contribution in [-0.4, -0.2) is 57.2 Å². The summed E-state index contributed by atoms with van der Waals surface area (Å²) in [5, 5.41) is 7.51. The van der Waals surface area contributed by atoms with E-state index in [1.165, 1.54) is 4.90 Å². The summed E-state index contributed by atoms with van der Waals surface area (Å²) in [6.45, 7) is 9.29. The van der Waals surface area contributed by atoms with E-state index >= 15 is 0 Å². The van der Waals surface area contributed by atoms with Gasteiger partial charge < -0.3 is 0 Å². The lowest BCUT2D eigenvalue weighted by molar-refractivity contribution is -0.446. The van der Waals surface area contributed by atoms with Gasteiger partial charge in [0.25, 0.3) is 5.82 Å². The molecule has 1 saturated heterocycles. The van der Waals surface area contributed by atoms with Gasteiger partial charge in [0, 0.05) is 18.6 Å². The molecular weight excluding hydrogens is 258 g/mol. The number of carbonyl (C=O) groups is 2. The molecule has 0 aliphatic carbocycles. The highest BCUT2D eigenvalue weighted by molar-refractivity contribution is 6.03. The Morgan fingerprint density at radius 2 is 2.20 bits per heavy atom. The Bertz CT molecular complexity index is 525. The molecule has 0 aromatic carbocycles. The zero-order chi connectivity index (χ0) is 15.0. The van der Waals surface area contributed by atoms with Crippen LogP contribution in [0.3, 0.4) is 0 Å². The van der Waals surface area contributed by atoms with E-state index in [2.05, 4.69) is 11.7 Å². The number of likely N-dealkylation sites (tertiary alicyclic amines) is 1. The van der Waals surface area contributed by atoms with Crippen LogP contribution < -0.4 is 0 Å². The summed E-state index contributed by atoms with van der Waals surface area (Å²) in [7, 11) is 1.84. The molecule has 2 rings (SSSR count). The van der Waals surface area contributed by atoms with Gasteiger partial charge in [-0.1, -0.05) is 12.0 Å². The fourth-order valence-corrected chi connectivity index (χ4v) is 2.38. The van der Waals surface area contributed by atoms with Crippen LogP contribution in [0.4, 0.5) is 0 Å². The molecular formula is C13H20N5O2+. The number of hydrazone groups is 1.